The van der Waals surface area contributed by atoms with Gasteiger partial charge in [0.25, 0.3) is 11.8 Å². The summed E-state index contributed by atoms with van der Waals surface area (Å²) in [6.45, 7) is 1.68. The Kier molecular flexibility index (Phi) is 10.4. The monoisotopic (exact) mass is 611 g/mol. The van der Waals surface area contributed by atoms with Gasteiger partial charge in [0.2, 0.25) is 5.91 Å². The van der Waals surface area contributed by atoms with Gasteiger partial charge in [0.05, 0.1) is 12.4 Å². The van der Waals surface area contributed by atoms with E-state index in [-0.39, 0.29) is 22.9 Å². The van der Waals surface area contributed by atoms with Crippen molar-refractivity contribution in [2.45, 2.75) is 17.1 Å². The van der Waals surface area contributed by atoms with Crippen LogP contribution in [0.4, 0.5) is 11.4 Å². The second-order valence-electron chi connectivity index (χ2n) is 9.42. The number of amides is 3. The number of hydrogen-bond acceptors (Lipinski definition) is 7. The largest absolute Gasteiger partial charge is 0.507 e. The standard InChI is InChI=1S/C33H29N3O7S/c1-20(30(38)34-24-13-16-29(37)27(19-24)33(41)42)44-26-10-6-9-23(18-26)35-32(40)28(17-21-11-14-25(43-2)15-12-21)36-31(39)22-7-4-3-5-8-22/h3-20,37H,1-2H3,(H,34,38)(H,35,40)(H,36,39)(H,41,42)/b28-17+. The van der Waals surface area contributed by atoms with Gasteiger partial charge in [-0.1, -0.05) is 36.4 Å². The number of carbonyl (C=O) groups excluding carboxylic acids is 3. The van der Waals surface area contributed by atoms with Crippen molar-refractivity contribution >= 4 is 52.9 Å². The zero-order chi connectivity index (χ0) is 31.6. The molecule has 44 heavy (non-hydrogen) atoms. The molecule has 1 atom stereocenters. The Bertz CT molecular complexity index is 1710. The normalized spacial score (nSPS) is 11.6. The van der Waals surface area contributed by atoms with E-state index in [1.807, 2.05) is 0 Å². The topological polar surface area (TPSA) is 154 Å². The van der Waals surface area contributed by atoms with Crippen molar-refractivity contribution in [3.63, 3.8) is 0 Å². The van der Waals surface area contributed by atoms with Gasteiger partial charge in [-0.25, -0.2) is 4.79 Å². The van der Waals surface area contributed by atoms with Crippen LogP contribution in [0.1, 0.15) is 33.2 Å². The summed E-state index contributed by atoms with van der Waals surface area (Å²) in [7, 11) is 1.55. The molecule has 10 nitrogen and oxygen atoms in total. The summed E-state index contributed by atoms with van der Waals surface area (Å²) in [6.07, 6.45) is 1.56. The van der Waals surface area contributed by atoms with Crippen molar-refractivity contribution in [2.24, 2.45) is 0 Å². The minimum absolute atomic E-state index is 0.0180. The summed E-state index contributed by atoms with van der Waals surface area (Å²) < 4.78 is 5.20. The van der Waals surface area contributed by atoms with Gasteiger partial charge in [-0.05, 0) is 79.2 Å². The summed E-state index contributed by atoms with van der Waals surface area (Å²) in [5.41, 5.74) is 1.41. The van der Waals surface area contributed by atoms with Crippen molar-refractivity contribution in [1.82, 2.24) is 5.32 Å². The number of anilines is 2. The molecule has 0 saturated heterocycles. The molecule has 0 aromatic heterocycles. The molecule has 0 heterocycles. The number of rotatable bonds is 11. The summed E-state index contributed by atoms with van der Waals surface area (Å²) in [6, 6.07) is 26.2. The fourth-order valence-electron chi connectivity index (χ4n) is 3.94. The van der Waals surface area contributed by atoms with Crippen LogP contribution in [-0.2, 0) is 9.59 Å². The lowest BCUT2D eigenvalue weighted by molar-refractivity contribution is -0.115. The van der Waals surface area contributed by atoms with Gasteiger partial charge in [-0.15, -0.1) is 11.8 Å². The zero-order valence-electron chi connectivity index (χ0n) is 23.7. The van der Waals surface area contributed by atoms with Crippen LogP contribution in [-0.4, -0.2) is 46.3 Å². The summed E-state index contributed by atoms with van der Waals surface area (Å²) in [4.78, 5) is 51.1. The van der Waals surface area contributed by atoms with Crippen LogP contribution in [0.25, 0.3) is 6.08 Å². The first-order valence-corrected chi connectivity index (χ1v) is 14.2. The number of aromatic carboxylic acids is 1. The Morgan fingerprint density at radius 2 is 1.55 bits per heavy atom. The average Bonchev–Trinajstić information content (AvgIpc) is 3.02. The van der Waals surface area contributed by atoms with E-state index >= 15 is 0 Å². The van der Waals surface area contributed by atoms with Crippen molar-refractivity contribution in [2.75, 3.05) is 17.7 Å². The number of carbonyl (C=O) groups is 4. The highest BCUT2D eigenvalue weighted by atomic mass is 32.2. The smallest absolute Gasteiger partial charge is 0.339 e. The van der Waals surface area contributed by atoms with Gasteiger partial charge in [-0.2, -0.15) is 0 Å². The van der Waals surface area contributed by atoms with Gasteiger partial charge >= 0.3 is 5.97 Å². The molecule has 4 rings (SSSR count). The van der Waals surface area contributed by atoms with Gasteiger partial charge < -0.3 is 30.9 Å². The van der Waals surface area contributed by atoms with E-state index in [1.54, 1.807) is 99.0 Å². The number of thioether (sulfide) groups is 1. The number of carboxylic acids is 1. The molecule has 0 aliphatic carbocycles. The second kappa shape index (κ2) is 14.6. The second-order valence-corrected chi connectivity index (χ2v) is 10.8. The molecule has 0 spiro atoms. The molecule has 0 aliphatic heterocycles. The maximum absolute atomic E-state index is 13.4. The predicted octanol–water partition coefficient (Wildman–Crippen LogP) is 5.63. The van der Waals surface area contributed by atoms with Crippen molar-refractivity contribution in [3.8, 4) is 11.5 Å². The van der Waals surface area contributed by atoms with Gasteiger partial charge in [0.1, 0.15) is 22.8 Å². The number of nitrogens with one attached hydrogen (secondary N) is 3. The number of benzene rings is 4. The third-order valence-electron chi connectivity index (χ3n) is 6.22. The van der Waals surface area contributed by atoms with Gasteiger partial charge in [0, 0.05) is 21.8 Å². The Morgan fingerprint density at radius 1 is 0.841 bits per heavy atom. The fraction of sp³-hybridized carbons (Fsp3) is 0.0909. The van der Waals surface area contributed by atoms with Crippen LogP contribution in [0.2, 0.25) is 0 Å². The Hall–Kier alpha value is -5.55. The number of carboxylic acid groups (broad SMARTS) is 1. The van der Waals surface area contributed by atoms with Gasteiger partial charge in [0.15, 0.2) is 0 Å². The van der Waals surface area contributed by atoms with E-state index in [2.05, 4.69) is 16.0 Å². The summed E-state index contributed by atoms with van der Waals surface area (Å²) >= 11 is 1.22. The first-order chi connectivity index (χ1) is 21.1. The minimum Gasteiger partial charge on any atom is -0.507 e. The molecule has 0 saturated carbocycles. The van der Waals surface area contributed by atoms with E-state index in [0.29, 0.717) is 27.5 Å². The lowest BCUT2D eigenvalue weighted by Crippen LogP contribution is -2.30. The maximum atomic E-state index is 13.4. The summed E-state index contributed by atoms with van der Waals surface area (Å²) in [5, 5.41) is 26.5. The SMILES string of the molecule is COc1ccc(/C=C(/NC(=O)c2ccccc2)C(=O)Nc2cccc(SC(C)C(=O)Nc3ccc(O)c(C(=O)O)c3)c2)cc1. The Labute approximate surface area is 257 Å². The number of phenols is 1. The first kappa shape index (κ1) is 31.4. The van der Waals surface area contributed by atoms with Crippen molar-refractivity contribution in [3.05, 3.63) is 119 Å². The van der Waals surface area contributed by atoms with E-state index in [0.717, 1.165) is 0 Å². The van der Waals surface area contributed by atoms with Crippen LogP contribution in [0, 0.1) is 0 Å². The Balaban J connectivity index is 1.47. The zero-order valence-corrected chi connectivity index (χ0v) is 24.6. The lowest BCUT2D eigenvalue weighted by atomic mass is 10.1. The van der Waals surface area contributed by atoms with Gasteiger partial charge in [-0.3, -0.25) is 14.4 Å². The van der Waals surface area contributed by atoms with Crippen molar-refractivity contribution in [1.29, 1.82) is 0 Å². The molecule has 4 aromatic rings. The molecule has 4 aromatic carbocycles. The highest BCUT2D eigenvalue weighted by molar-refractivity contribution is 8.00. The molecule has 0 radical (unpaired) electrons. The molecule has 5 N–H and O–H groups in total. The molecule has 0 fully saturated rings. The molecular weight excluding hydrogens is 582 g/mol. The van der Waals surface area contributed by atoms with Crippen LogP contribution >= 0.6 is 11.8 Å². The lowest BCUT2D eigenvalue weighted by Gasteiger charge is -2.14. The van der Waals surface area contributed by atoms with E-state index in [1.165, 1.54) is 30.0 Å². The molecule has 3 amide bonds. The highest BCUT2D eigenvalue weighted by Gasteiger charge is 2.18. The minimum atomic E-state index is -1.32. The highest BCUT2D eigenvalue weighted by Crippen LogP contribution is 2.28. The summed E-state index contributed by atoms with van der Waals surface area (Å²) in [5.74, 6) is -2.47. The molecule has 224 valence electrons. The fourth-order valence-corrected chi connectivity index (χ4v) is 4.87. The molecule has 0 aliphatic rings. The number of methoxy groups -OCH3 is 1. The average molecular weight is 612 g/mol. The van der Waals surface area contributed by atoms with Crippen LogP contribution in [0.15, 0.2) is 108 Å². The quantitative estimate of drug-likeness (QED) is 0.0831. The number of ether oxygens (including phenoxy) is 1. The molecule has 1 unspecified atom stereocenters. The molecule has 11 heteroatoms. The van der Waals surface area contributed by atoms with Crippen LogP contribution < -0.4 is 20.7 Å². The molecular formula is C33H29N3O7S. The van der Waals surface area contributed by atoms with Crippen LogP contribution in [0.5, 0.6) is 11.5 Å². The van der Waals surface area contributed by atoms with Crippen molar-refractivity contribution < 1.29 is 34.1 Å². The van der Waals surface area contributed by atoms with E-state index < -0.39 is 28.8 Å². The van der Waals surface area contributed by atoms with Crippen LogP contribution in [0.3, 0.4) is 0 Å². The number of aromatic hydroxyl groups is 1. The number of hydrogen-bond donors (Lipinski definition) is 5. The first-order valence-electron chi connectivity index (χ1n) is 13.3. The Morgan fingerprint density at radius 3 is 2.23 bits per heavy atom. The molecule has 0 bridgehead atoms. The van der Waals surface area contributed by atoms with E-state index in [4.69, 9.17) is 4.74 Å². The predicted molar refractivity (Wildman–Crippen MR) is 169 cm³/mol. The third kappa shape index (κ3) is 8.49. The van der Waals surface area contributed by atoms with E-state index in [9.17, 15) is 29.4 Å². The maximum Gasteiger partial charge on any atom is 0.339 e. The third-order valence-corrected chi connectivity index (χ3v) is 7.32.